The second kappa shape index (κ2) is 9.16. The van der Waals surface area contributed by atoms with Crippen LogP contribution in [0.5, 0.6) is 0 Å². The topological polar surface area (TPSA) is 44.8 Å². The van der Waals surface area contributed by atoms with Crippen LogP contribution >= 0.6 is 11.3 Å². The predicted molar refractivity (Wildman–Crippen MR) is 107 cm³/mol. The molecule has 0 radical (unpaired) electrons. The van der Waals surface area contributed by atoms with Crippen molar-refractivity contribution < 1.29 is 9.53 Å². The molecule has 1 fully saturated rings. The number of rotatable bonds is 7. The van der Waals surface area contributed by atoms with Crippen LogP contribution < -0.4 is 10.2 Å². The maximum Gasteiger partial charge on any atom is 0.225 e. The Hall–Kier alpha value is -1.89. The Kier molecular flexibility index (Phi) is 6.66. The molecule has 140 valence electrons. The summed E-state index contributed by atoms with van der Waals surface area (Å²) in [6, 6.07) is 12.8. The molecule has 0 aliphatic carbocycles. The van der Waals surface area contributed by atoms with E-state index < -0.39 is 0 Å². The molecule has 6 heteroatoms. The van der Waals surface area contributed by atoms with Crippen LogP contribution in [0.25, 0.3) is 0 Å². The van der Waals surface area contributed by atoms with Crippen molar-refractivity contribution in [2.75, 3.05) is 51.8 Å². The highest BCUT2D eigenvalue weighted by Gasteiger charge is 2.23. The molecule has 1 aliphatic rings. The van der Waals surface area contributed by atoms with Gasteiger partial charge >= 0.3 is 0 Å². The number of morpholine rings is 1. The van der Waals surface area contributed by atoms with Gasteiger partial charge in [-0.1, -0.05) is 18.2 Å². The van der Waals surface area contributed by atoms with E-state index in [9.17, 15) is 4.79 Å². The highest BCUT2D eigenvalue weighted by Crippen LogP contribution is 2.24. The Morgan fingerprint density at radius 1 is 1.23 bits per heavy atom. The zero-order valence-corrected chi connectivity index (χ0v) is 16.3. The molecule has 2 heterocycles. The van der Waals surface area contributed by atoms with Gasteiger partial charge in [-0.05, 0) is 29.1 Å². The maximum atomic E-state index is 12.3. The molecule has 2 aromatic rings. The summed E-state index contributed by atoms with van der Waals surface area (Å²) in [5.41, 5.74) is 2.41. The van der Waals surface area contributed by atoms with Crippen LogP contribution in [-0.4, -0.2) is 57.8 Å². The Morgan fingerprint density at radius 2 is 1.96 bits per heavy atom. The second-order valence-electron chi connectivity index (χ2n) is 6.71. The number of nitrogens with one attached hydrogen (secondary N) is 1. The van der Waals surface area contributed by atoms with Gasteiger partial charge in [-0.15, -0.1) is 11.3 Å². The Bertz CT molecular complexity index is 680. The third kappa shape index (κ3) is 5.06. The van der Waals surface area contributed by atoms with Crippen LogP contribution in [0, 0.1) is 0 Å². The van der Waals surface area contributed by atoms with Crippen LogP contribution in [0.4, 0.5) is 5.69 Å². The standard InChI is InChI=1S/C20H27N3O2S/c1-22(2)17-7-5-16(6-8-17)19(23-9-11-25-12-10-23)15-21-20(24)14-18-4-3-13-26-18/h3-8,13,19H,9-12,14-15H2,1-2H3,(H,21,24). The van der Waals surface area contributed by atoms with Gasteiger partial charge in [-0.3, -0.25) is 9.69 Å². The molecule has 0 saturated carbocycles. The van der Waals surface area contributed by atoms with E-state index in [1.807, 2.05) is 31.6 Å². The quantitative estimate of drug-likeness (QED) is 0.810. The number of hydrogen-bond acceptors (Lipinski definition) is 5. The number of anilines is 1. The number of ether oxygens (including phenoxy) is 1. The number of nitrogens with zero attached hydrogens (tertiary/aromatic N) is 2. The number of benzene rings is 1. The minimum atomic E-state index is 0.0793. The van der Waals surface area contributed by atoms with Gasteiger partial charge in [0.05, 0.1) is 25.7 Å². The molecule has 3 rings (SSSR count). The first kappa shape index (κ1) is 18.9. The molecular weight excluding hydrogens is 346 g/mol. The van der Waals surface area contributed by atoms with E-state index in [0.29, 0.717) is 13.0 Å². The molecule has 0 spiro atoms. The average molecular weight is 374 g/mol. The van der Waals surface area contributed by atoms with E-state index in [2.05, 4.69) is 39.4 Å². The van der Waals surface area contributed by atoms with Crippen molar-refractivity contribution in [3.8, 4) is 0 Å². The Labute approximate surface area is 159 Å². The molecule has 1 aromatic carbocycles. The summed E-state index contributed by atoms with van der Waals surface area (Å²) < 4.78 is 5.50. The smallest absolute Gasteiger partial charge is 0.225 e. The molecule has 1 aromatic heterocycles. The summed E-state index contributed by atoms with van der Waals surface area (Å²) in [4.78, 5) is 17.9. The monoisotopic (exact) mass is 373 g/mol. The Balaban J connectivity index is 1.67. The van der Waals surface area contributed by atoms with E-state index >= 15 is 0 Å². The molecular formula is C20H27N3O2S. The van der Waals surface area contributed by atoms with E-state index in [4.69, 9.17) is 4.74 Å². The van der Waals surface area contributed by atoms with Crippen molar-refractivity contribution in [2.24, 2.45) is 0 Å². The number of hydrogen-bond donors (Lipinski definition) is 1. The molecule has 1 N–H and O–H groups in total. The van der Waals surface area contributed by atoms with E-state index in [1.165, 1.54) is 11.3 Å². The molecule has 1 amide bonds. The lowest BCUT2D eigenvalue weighted by Gasteiger charge is -2.35. The molecule has 1 unspecified atom stereocenters. The third-order valence-electron chi connectivity index (χ3n) is 4.69. The largest absolute Gasteiger partial charge is 0.379 e. The lowest BCUT2D eigenvalue weighted by molar-refractivity contribution is -0.120. The zero-order valence-electron chi connectivity index (χ0n) is 15.5. The van der Waals surface area contributed by atoms with Crippen LogP contribution in [-0.2, 0) is 16.0 Å². The third-order valence-corrected chi connectivity index (χ3v) is 5.56. The first-order chi connectivity index (χ1) is 12.6. The van der Waals surface area contributed by atoms with Crippen molar-refractivity contribution in [3.05, 3.63) is 52.2 Å². The maximum absolute atomic E-state index is 12.3. The van der Waals surface area contributed by atoms with E-state index in [0.717, 1.165) is 31.2 Å². The summed E-state index contributed by atoms with van der Waals surface area (Å²) in [7, 11) is 4.08. The van der Waals surface area contributed by atoms with Gasteiger partial charge in [0.2, 0.25) is 5.91 Å². The fraction of sp³-hybridized carbons (Fsp3) is 0.450. The first-order valence-electron chi connectivity index (χ1n) is 9.01. The van der Waals surface area contributed by atoms with E-state index in [1.54, 1.807) is 11.3 Å². The molecule has 1 saturated heterocycles. The molecule has 0 bridgehead atoms. The van der Waals surface area contributed by atoms with Gasteiger partial charge in [0.25, 0.3) is 0 Å². The predicted octanol–water partition coefficient (Wildman–Crippen LogP) is 2.55. The highest BCUT2D eigenvalue weighted by molar-refractivity contribution is 7.10. The van der Waals surface area contributed by atoms with Crippen molar-refractivity contribution in [3.63, 3.8) is 0 Å². The number of carbonyl (C=O) groups excluding carboxylic acids is 1. The summed E-state index contributed by atoms with van der Waals surface area (Å²) in [6.45, 7) is 3.89. The van der Waals surface area contributed by atoms with Crippen molar-refractivity contribution >= 4 is 22.9 Å². The molecule has 1 atom stereocenters. The normalized spacial score (nSPS) is 16.2. The number of carbonyl (C=O) groups is 1. The van der Waals surface area contributed by atoms with Gasteiger partial charge in [-0.2, -0.15) is 0 Å². The van der Waals surface area contributed by atoms with Crippen LogP contribution in [0.3, 0.4) is 0 Å². The van der Waals surface area contributed by atoms with Gasteiger partial charge in [-0.25, -0.2) is 0 Å². The summed E-state index contributed by atoms with van der Waals surface area (Å²) >= 11 is 1.62. The Morgan fingerprint density at radius 3 is 2.58 bits per heavy atom. The summed E-state index contributed by atoms with van der Waals surface area (Å²) in [5, 5.41) is 5.13. The second-order valence-corrected chi connectivity index (χ2v) is 7.74. The van der Waals surface area contributed by atoms with Gasteiger partial charge in [0, 0.05) is 44.3 Å². The molecule has 5 nitrogen and oxygen atoms in total. The summed E-state index contributed by atoms with van der Waals surface area (Å²) in [6.07, 6.45) is 0.451. The lowest BCUT2D eigenvalue weighted by atomic mass is 10.0. The fourth-order valence-electron chi connectivity index (χ4n) is 3.19. The van der Waals surface area contributed by atoms with Crippen molar-refractivity contribution in [2.45, 2.75) is 12.5 Å². The minimum Gasteiger partial charge on any atom is -0.379 e. The van der Waals surface area contributed by atoms with Crippen molar-refractivity contribution in [1.29, 1.82) is 0 Å². The fourth-order valence-corrected chi connectivity index (χ4v) is 3.89. The first-order valence-corrected chi connectivity index (χ1v) is 9.89. The zero-order chi connectivity index (χ0) is 18.4. The van der Waals surface area contributed by atoms with E-state index in [-0.39, 0.29) is 11.9 Å². The number of thiophene rings is 1. The van der Waals surface area contributed by atoms with Crippen LogP contribution in [0.1, 0.15) is 16.5 Å². The van der Waals surface area contributed by atoms with Crippen LogP contribution in [0.15, 0.2) is 41.8 Å². The van der Waals surface area contributed by atoms with Crippen molar-refractivity contribution in [1.82, 2.24) is 10.2 Å². The molecule has 1 aliphatic heterocycles. The van der Waals surface area contributed by atoms with Gasteiger partial charge < -0.3 is 15.0 Å². The van der Waals surface area contributed by atoms with Gasteiger partial charge in [0.15, 0.2) is 0 Å². The minimum absolute atomic E-state index is 0.0793. The summed E-state index contributed by atoms with van der Waals surface area (Å²) in [5.74, 6) is 0.0793. The van der Waals surface area contributed by atoms with Gasteiger partial charge in [0.1, 0.15) is 0 Å². The lowest BCUT2D eigenvalue weighted by Crippen LogP contribution is -2.44. The van der Waals surface area contributed by atoms with Crippen LogP contribution in [0.2, 0.25) is 0 Å². The number of amides is 1. The SMILES string of the molecule is CN(C)c1ccc(C(CNC(=O)Cc2cccs2)N2CCOCC2)cc1. The average Bonchev–Trinajstić information content (AvgIpc) is 3.16. The molecule has 26 heavy (non-hydrogen) atoms. The highest BCUT2D eigenvalue weighted by atomic mass is 32.1.